The lowest BCUT2D eigenvalue weighted by molar-refractivity contribution is -0.143. The Bertz CT molecular complexity index is 245. The van der Waals surface area contributed by atoms with Gasteiger partial charge in [0.25, 0.3) is 0 Å². The molecule has 140 valence electrons. The first-order valence-corrected chi connectivity index (χ1v) is 8.76. The third-order valence-electron chi connectivity index (χ3n) is 3.62. The molecule has 6 heteroatoms. The lowest BCUT2D eigenvalue weighted by Crippen LogP contribution is -2.23. The Morgan fingerprint density at radius 3 is 1.74 bits per heavy atom. The molecule has 0 heterocycles. The molecule has 0 saturated carbocycles. The topological polar surface area (TPSA) is 118 Å². The first kappa shape index (κ1) is 24.6. The fraction of sp³-hybridized carbons (Fsp3) is 0.941. The molecule has 6 nitrogen and oxygen atoms in total. The van der Waals surface area contributed by atoms with Crippen LogP contribution in [0.3, 0.4) is 0 Å². The van der Waals surface area contributed by atoms with Crippen molar-refractivity contribution < 1.29 is 30.3 Å². The van der Waals surface area contributed by atoms with Gasteiger partial charge >= 0.3 is 5.97 Å². The van der Waals surface area contributed by atoms with Gasteiger partial charge in [0.15, 0.2) is 0 Å². The normalized spacial score (nSPS) is 13.1. The van der Waals surface area contributed by atoms with Gasteiger partial charge in [-0.25, -0.2) is 0 Å². The predicted molar refractivity (Wildman–Crippen MR) is 90.2 cm³/mol. The SMILES string of the molecule is CCCCCCCCCCC(CC(O)CO)C(=O)O.OCCO. The average molecular weight is 336 g/mol. The largest absolute Gasteiger partial charge is 0.481 e. The summed E-state index contributed by atoms with van der Waals surface area (Å²) in [6.45, 7) is 1.59. The number of rotatable bonds is 14. The van der Waals surface area contributed by atoms with E-state index in [0.717, 1.165) is 12.8 Å². The highest BCUT2D eigenvalue weighted by molar-refractivity contribution is 5.69. The Morgan fingerprint density at radius 2 is 1.35 bits per heavy atom. The molecule has 0 spiro atoms. The number of carbonyl (C=O) groups is 1. The van der Waals surface area contributed by atoms with Crippen LogP contribution < -0.4 is 0 Å². The van der Waals surface area contributed by atoms with Crippen LogP contribution in [-0.2, 0) is 4.79 Å². The zero-order valence-corrected chi connectivity index (χ0v) is 14.5. The Balaban J connectivity index is 0. The Hall–Kier alpha value is -0.690. The molecule has 0 radical (unpaired) electrons. The summed E-state index contributed by atoms with van der Waals surface area (Å²) in [6.07, 6.45) is 9.34. The molecular formula is C17H36O6. The van der Waals surface area contributed by atoms with E-state index >= 15 is 0 Å². The van der Waals surface area contributed by atoms with Gasteiger partial charge in [-0.05, 0) is 12.8 Å². The molecule has 0 aliphatic carbocycles. The second-order valence-corrected chi connectivity index (χ2v) is 5.82. The highest BCUT2D eigenvalue weighted by Crippen LogP contribution is 2.17. The van der Waals surface area contributed by atoms with Crippen molar-refractivity contribution in [3.05, 3.63) is 0 Å². The maximum absolute atomic E-state index is 11.0. The molecular weight excluding hydrogens is 300 g/mol. The highest BCUT2D eigenvalue weighted by atomic mass is 16.4. The first-order chi connectivity index (χ1) is 11.0. The van der Waals surface area contributed by atoms with E-state index in [4.69, 9.17) is 20.4 Å². The number of unbranched alkanes of at least 4 members (excludes halogenated alkanes) is 7. The minimum atomic E-state index is -0.907. The molecule has 2 unspecified atom stereocenters. The molecule has 0 aliphatic rings. The summed E-state index contributed by atoms with van der Waals surface area (Å²) in [5, 5.41) is 42.3. The summed E-state index contributed by atoms with van der Waals surface area (Å²) >= 11 is 0. The van der Waals surface area contributed by atoms with Crippen molar-refractivity contribution in [3.8, 4) is 0 Å². The molecule has 0 aliphatic heterocycles. The second kappa shape index (κ2) is 19.4. The molecule has 0 bridgehead atoms. The molecule has 23 heavy (non-hydrogen) atoms. The van der Waals surface area contributed by atoms with E-state index in [0.29, 0.717) is 6.42 Å². The fourth-order valence-electron chi connectivity index (χ4n) is 2.27. The van der Waals surface area contributed by atoms with Crippen molar-refractivity contribution in [1.82, 2.24) is 0 Å². The summed E-state index contributed by atoms with van der Waals surface area (Å²) in [5.41, 5.74) is 0. The number of aliphatic hydroxyl groups excluding tert-OH is 4. The quantitative estimate of drug-likeness (QED) is 0.309. The minimum absolute atomic E-state index is 0.125. The zero-order valence-electron chi connectivity index (χ0n) is 14.5. The van der Waals surface area contributed by atoms with E-state index in [2.05, 4.69) is 6.92 Å². The standard InChI is InChI=1S/C15H30O4.C2H6O2/c1-2-3-4-5-6-7-8-9-10-13(15(18)19)11-14(17)12-16;3-1-2-4/h13-14,16-17H,2-12H2,1H3,(H,18,19);3-4H,1-2H2. The first-order valence-electron chi connectivity index (χ1n) is 8.76. The maximum Gasteiger partial charge on any atom is 0.306 e. The summed E-state index contributed by atoms with van der Waals surface area (Å²) in [6, 6.07) is 0. The molecule has 5 N–H and O–H groups in total. The van der Waals surface area contributed by atoms with Gasteiger partial charge in [0.2, 0.25) is 0 Å². The summed E-state index contributed by atoms with van der Waals surface area (Å²) in [7, 11) is 0. The van der Waals surface area contributed by atoms with E-state index in [1.807, 2.05) is 0 Å². The molecule has 0 aromatic heterocycles. The van der Waals surface area contributed by atoms with Crippen LogP contribution in [0.25, 0.3) is 0 Å². The Labute approximate surface area is 140 Å². The van der Waals surface area contributed by atoms with Crippen molar-refractivity contribution in [2.75, 3.05) is 19.8 Å². The van der Waals surface area contributed by atoms with E-state index in [1.165, 1.54) is 38.5 Å². The Kier molecular flexibility index (Phi) is 20.7. The van der Waals surface area contributed by atoms with Crippen molar-refractivity contribution >= 4 is 5.97 Å². The van der Waals surface area contributed by atoms with Gasteiger partial charge in [-0.15, -0.1) is 0 Å². The third-order valence-corrected chi connectivity index (χ3v) is 3.62. The van der Waals surface area contributed by atoms with Crippen molar-refractivity contribution in [3.63, 3.8) is 0 Å². The molecule has 0 amide bonds. The molecule has 0 aromatic rings. The zero-order chi connectivity index (χ0) is 17.9. The van der Waals surface area contributed by atoms with E-state index in [1.54, 1.807) is 0 Å². The molecule has 0 aromatic carbocycles. The van der Waals surface area contributed by atoms with Gasteiger partial charge in [-0.3, -0.25) is 4.79 Å². The van der Waals surface area contributed by atoms with Gasteiger partial charge in [0.1, 0.15) is 0 Å². The number of aliphatic hydroxyl groups is 4. The van der Waals surface area contributed by atoms with Crippen LogP contribution >= 0.6 is 0 Å². The summed E-state index contributed by atoms with van der Waals surface area (Å²) in [4.78, 5) is 11.0. The minimum Gasteiger partial charge on any atom is -0.481 e. The molecule has 0 rings (SSSR count). The number of aliphatic carboxylic acids is 1. The lowest BCUT2D eigenvalue weighted by Gasteiger charge is -2.15. The second-order valence-electron chi connectivity index (χ2n) is 5.82. The number of hydrogen-bond donors (Lipinski definition) is 5. The van der Waals surface area contributed by atoms with Crippen molar-refractivity contribution in [1.29, 1.82) is 0 Å². The highest BCUT2D eigenvalue weighted by Gasteiger charge is 2.20. The van der Waals surface area contributed by atoms with Crippen molar-refractivity contribution in [2.45, 2.75) is 77.2 Å². The van der Waals surface area contributed by atoms with E-state index in [-0.39, 0.29) is 26.2 Å². The van der Waals surface area contributed by atoms with Crippen LogP contribution in [-0.4, -0.2) is 57.4 Å². The summed E-state index contributed by atoms with van der Waals surface area (Å²) in [5.74, 6) is -1.39. The van der Waals surface area contributed by atoms with Gasteiger partial charge in [0.05, 0.1) is 31.8 Å². The van der Waals surface area contributed by atoms with Crippen molar-refractivity contribution in [2.24, 2.45) is 5.92 Å². The van der Waals surface area contributed by atoms with Crippen LogP contribution in [0.4, 0.5) is 0 Å². The van der Waals surface area contributed by atoms with Gasteiger partial charge in [0, 0.05) is 0 Å². The molecule has 0 fully saturated rings. The average Bonchev–Trinajstić information content (AvgIpc) is 2.55. The van der Waals surface area contributed by atoms with E-state index in [9.17, 15) is 9.90 Å². The number of carboxylic acid groups (broad SMARTS) is 1. The smallest absolute Gasteiger partial charge is 0.306 e. The van der Waals surface area contributed by atoms with Gasteiger partial charge in [-0.1, -0.05) is 58.3 Å². The molecule has 0 saturated heterocycles. The van der Waals surface area contributed by atoms with Crippen LogP contribution in [0.2, 0.25) is 0 Å². The van der Waals surface area contributed by atoms with Crippen LogP contribution in [0.15, 0.2) is 0 Å². The van der Waals surface area contributed by atoms with Crippen LogP contribution in [0.1, 0.15) is 71.1 Å². The third kappa shape index (κ3) is 19.3. The van der Waals surface area contributed by atoms with Crippen LogP contribution in [0.5, 0.6) is 0 Å². The van der Waals surface area contributed by atoms with Gasteiger partial charge in [-0.2, -0.15) is 0 Å². The monoisotopic (exact) mass is 336 g/mol. The molecule has 2 atom stereocenters. The van der Waals surface area contributed by atoms with Crippen LogP contribution in [0, 0.1) is 5.92 Å². The summed E-state index contributed by atoms with van der Waals surface area (Å²) < 4.78 is 0. The fourth-order valence-corrected chi connectivity index (χ4v) is 2.27. The number of hydrogen-bond acceptors (Lipinski definition) is 5. The maximum atomic E-state index is 11.0. The van der Waals surface area contributed by atoms with Gasteiger partial charge < -0.3 is 25.5 Å². The van der Waals surface area contributed by atoms with E-state index < -0.39 is 18.0 Å². The number of carboxylic acids is 1. The predicted octanol–water partition coefficient (Wildman–Crippen LogP) is 1.93. The lowest BCUT2D eigenvalue weighted by atomic mass is 9.95. The Morgan fingerprint density at radius 1 is 0.870 bits per heavy atom.